The van der Waals surface area contributed by atoms with Crippen molar-refractivity contribution >= 4 is 40.0 Å². The van der Waals surface area contributed by atoms with E-state index in [9.17, 15) is 9.59 Å². The molecule has 0 spiro atoms. The van der Waals surface area contributed by atoms with Crippen molar-refractivity contribution in [3.8, 4) is 0 Å². The van der Waals surface area contributed by atoms with E-state index in [1.807, 2.05) is 37.3 Å². The normalized spacial score (nSPS) is 18.2. The molecule has 1 saturated heterocycles. The van der Waals surface area contributed by atoms with Gasteiger partial charge in [-0.3, -0.25) is 14.6 Å². The smallest absolute Gasteiger partial charge is 0.271 e. The molecule has 0 bridgehead atoms. The predicted molar refractivity (Wildman–Crippen MR) is 124 cm³/mol. The van der Waals surface area contributed by atoms with Crippen molar-refractivity contribution in [2.45, 2.75) is 31.8 Å². The number of piperidine rings is 1. The molecule has 2 atom stereocenters. The van der Waals surface area contributed by atoms with Crippen LogP contribution in [-0.4, -0.2) is 45.4 Å². The Kier molecular flexibility index (Phi) is 5.98. The average molecular weight is 432 g/mol. The van der Waals surface area contributed by atoms with Gasteiger partial charge in [0.2, 0.25) is 5.91 Å². The summed E-state index contributed by atoms with van der Waals surface area (Å²) in [6.07, 6.45) is 6.30. The topological polar surface area (TPSA) is 126 Å². The number of nitrogens with two attached hydrogens (primary N) is 1. The monoisotopic (exact) mass is 431 g/mol. The van der Waals surface area contributed by atoms with Crippen molar-refractivity contribution in [3.63, 3.8) is 0 Å². The second kappa shape index (κ2) is 9.01. The van der Waals surface area contributed by atoms with E-state index >= 15 is 0 Å². The molecule has 2 amide bonds. The number of hydrogen-bond acceptors (Lipinski definition) is 7. The van der Waals surface area contributed by atoms with Crippen LogP contribution in [0.15, 0.2) is 55.4 Å². The summed E-state index contributed by atoms with van der Waals surface area (Å²) in [7, 11) is 0. The van der Waals surface area contributed by atoms with Crippen LogP contribution in [0.4, 0.5) is 17.3 Å². The SMILES string of the molecule is C=CC(=O)N[C@@H]1CCCN(c2cnc(C(N)=O)c(Nc3ccc4ncccc4c3)n2)[C@@H]1C. The van der Waals surface area contributed by atoms with E-state index in [1.54, 1.807) is 12.4 Å². The molecule has 9 heteroatoms. The first-order chi connectivity index (χ1) is 15.5. The predicted octanol–water partition coefficient (Wildman–Crippen LogP) is 2.53. The van der Waals surface area contributed by atoms with E-state index < -0.39 is 5.91 Å². The summed E-state index contributed by atoms with van der Waals surface area (Å²) in [4.78, 5) is 39.1. The molecule has 1 aliphatic rings. The minimum atomic E-state index is -0.670. The van der Waals surface area contributed by atoms with Crippen LogP contribution in [0, 0.1) is 0 Å². The fourth-order valence-electron chi connectivity index (χ4n) is 3.98. The Morgan fingerprint density at radius 1 is 1.28 bits per heavy atom. The fraction of sp³-hybridized carbons (Fsp3) is 0.261. The Morgan fingerprint density at radius 2 is 2.12 bits per heavy atom. The first kappa shape index (κ1) is 21.2. The Bertz CT molecular complexity index is 1180. The largest absolute Gasteiger partial charge is 0.364 e. The first-order valence-electron chi connectivity index (χ1n) is 10.4. The van der Waals surface area contributed by atoms with Crippen LogP contribution in [0.2, 0.25) is 0 Å². The highest BCUT2D eigenvalue weighted by atomic mass is 16.2. The van der Waals surface area contributed by atoms with Gasteiger partial charge in [0.05, 0.1) is 11.7 Å². The molecule has 0 aliphatic carbocycles. The summed E-state index contributed by atoms with van der Waals surface area (Å²) >= 11 is 0. The minimum absolute atomic E-state index is 0.0130. The lowest BCUT2D eigenvalue weighted by Crippen LogP contribution is -2.54. The number of fused-ring (bicyclic) bond motifs is 1. The van der Waals surface area contributed by atoms with Gasteiger partial charge in [-0.05, 0) is 50.1 Å². The minimum Gasteiger partial charge on any atom is -0.364 e. The summed E-state index contributed by atoms with van der Waals surface area (Å²) in [5, 5.41) is 7.11. The third-order valence-corrected chi connectivity index (χ3v) is 5.65. The van der Waals surface area contributed by atoms with Crippen molar-refractivity contribution < 1.29 is 9.59 Å². The zero-order chi connectivity index (χ0) is 22.7. The highest BCUT2D eigenvalue weighted by Crippen LogP contribution is 2.27. The Labute approximate surface area is 185 Å². The molecule has 4 rings (SSSR count). The number of amides is 2. The van der Waals surface area contributed by atoms with Crippen LogP contribution in [0.3, 0.4) is 0 Å². The third-order valence-electron chi connectivity index (χ3n) is 5.65. The molecule has 3 aromatic rings. The number of pyridine rings is 1. The highest BCUT2D eigenvalue weighted by Gasteiger charge is 2.30. The van der Waals surface area contributed by atoms with Crippen LogP contribution in [0.1, 0.15) is 30.3 Å². The Morgan fingerprint density at radius 3 is 2.91 bits per heavy atom. The van der Waals surface area contributed by atoms with Gasteiger partial charge in [0.25, 0.3) is 5.91 Å². The number of primary amides is 1. The molecule has 1 fully saturated rings. The molecular weight excluding hydrogens is 406 g/mol. The lowest BCUT2D eigenvalue weighted by atomic mass is 9.97. The molecule has 2 aromatic heterocycles. The summed E-state index contributed by atoms with van der Waals surface area (Å²) in [6, 6.07) is 9.43. The van der Waals surface area contributed by atoms with Crippen molar-refractivity contribution in [2.75, 3.05) is 16.8 Å². The standard InChI is InChI=1S/C23H25N7O2/c1-3-20(31)28-17-7-5-11-30(14(17)2)19-13-26-21(22(24)32)23(29-19)27-16-8-9-18-15(12-16)6-4-10-25-18/h3-4,6,8-10,12-14,17H,1,5,7,11H2,2H3,(H2,24,32)(H,27,29)(H,28,31)/t14-,17-/m1/s1. The number of aromatic nitrogens is 3. The first-order valence-corrected chi connectivity index (χ1v) is 10.4. The molecule has 164 valence electrons. The van der Waals surface area contributed by atoms with E-state index in [0.29, 0.717) is 5.82 Å². The summed E-state index contributed by atoms with van der Waals surface area (Å²) in [5.74, 6) is 0.0107. The van der Waals surface area contributed by atoms with Gasteiger partial charge in [0.15, 0.2) is 11.5 Å². The summed E-state index contributed by atoms with van der Waals surface area (Å²) < 4.78 is 0. The lowest BCUT2D eigenvalue weighted by Gasteiger charge is -2.40. The fourth-order valence-corrected chi connectivity index (χ4v) is 3.98. The van der Waals surface area contributed by atoms with E-state index in [2.05, 4.69) is 37.1 Å². The summed E-state index contributed by atoms with van der Waals surface area (Å²) in [5.41, 5.74) is 7.20. The van der Waals surface area contributed by atoms with Gasteiger partial charge in [-0.25, -0.2) is 9.97 Å². The molecule has 1 aromatic carbocycles. The number of nitrogens with one attached hydrogen (secondary N) is 2. The Balaban J connectivity index is 1.64. The molecule has 32 heavy (non-hydrogen) atoms. The van der Waals surface area contributed by atoms with Crippen molar-refractivity contribution in [1.29, 1.82) is 0 Å². The third kappa shape index (κ3) is 4.36. The van der Waals surface area contributed by atoms with Gasteiger partial charge >= 0.3 is 0 Å². The van der Waals surface area contributed by atoms with E-state index in [0.717, 1.165) is 36.0 Å². The number of hydrogen-bond donors (Lipinski definition) is 3. The summed E-state index contributed by atoms with van der Waals surface area (Å²) in [6.45, 7) is 6.31. The van der Waals surface area contributed by atoms with Crippen LogP contribution in [0.5, 0.6) is 0 Å². The van der Waals surface area contributed by atoms with Gasteiger partial charge in [0.1, 0.15) is 5.82 Å². The zero-order valence-corrected chi connectivity index (χ0v) is 17.8. The molecule has 0 radical (unpaired) electrons. The maximum Gasteiger partial charge on any atom is 0.271 e. The molecule has 0 saturated carbocycles. The highest BCUT2D eigenvalue weighted by molar-refractivity contribution is 5.96. The van der Waals surface area contributed by atoms with Crippen molar-refractivity contribution in [1.82, 2.24) is 20.3 Å². The quantitative estimate of drug-likeness (QED) is 0.512. The second-order valence-corrected chi connectivity index (χ2v) is 7.72. The number of carbonyl (C=O) groups excluding carboxylic acids is 2. The molecule has 9 nitrogen and oxygen atoms in total. The number of benzene rings is 1. The van der Waals surface area contributed by atoms with E-state index in [4.69, 9.17) is 5.73 Å². The Hall–Kier alpha value is -4.01. The van der Waals surface area contributed by atoms with Crippen LogP contribution < -0.4 is 21.3 Å². The number of anilines is 3. The maximum absolute atomic E-state index is 12.0. The second-order valence-electron chi connectivity index (χ2n) is 7.72. The number of carbonyl (C=O) groups is 2. The van der Waals surface area contributed by atoms with Crippen LogP contribution >= 0.6 is 0 Å². The van der Waals surface area contributed by atoms with Crippen LogP contribution in [0.25, 0.3) is 10.9 Å². The van der Waals surface area contributed by atoms with Crippen LogP contribution in [-0.2, 0) is 4.79 Å². The van der Waals surface area contributed by atoms with Crippen molar-refractivity contribution in [3.05, 3.63) is 61.1 Å². The molecule has 3 heterocycles. The van der Waals surface area contributed by atoms with Crippen molar-refractivity contribution in [2.24, 2.45) is 5.73 Å². The molecular formula is C23H25N7O2. The van der Waals surface area contributed by atoms with E-state index in [-0.39, 0.29) is 29.5 Å². The van der Waals surface area contributed by atoms with Gasteiger partial charge < -0.3 is 21.3 Å². The average Bonchev–Trinajstić information content (AvgIpc) is 2.80. The molecule has 1 aliphatic heterocycles. The lowest BCUT2D eigenvalue weighted by molar-refractivity contribution is -0.117. The van der Waals surface area contributed by atoms with Gasteiger partial charge in [-0.1, -0.05) is 12.6 Å². The number of nitrogens with zero attached hydrogens (tertiary/aromatic N) is 4. The molecule has 4 N–H and O–H groups in total. The number of rotatable bonds is 6. The van der Waals surface area contributed by atoms with Gasteiger partial charge in [-0.2, -0.15) is 0 Å². The zero-order valence-electron chi connectivity index (χ0n) is 17.8. The molecule has 0 unspecified atom stereocenters. The van der Waals surface area contributed by atoms with E-state index in [1.165, 1.54) is 6.08 Å². The van der Waals surface area contributed by atoms with Gasteiger partial charge in [-0.15, -0.1) is 0 Å². The maximum atomic E-state index is 12.0. The van der Waals surface area contributed by atoms with Gasteiger partial charge in [0, 0.05) is 35.9 Å².